The summed E-state index contributed by atoms with van der Waals surface area (Å²) in [5, 5.41) is 0.946. The number of nitrogens with zero attached hydrogens (tertiary/aromatic N) is 3. The van der Waals surface area contributed by atoms with Gasteiger partial charge in [0, 0.05) is 49.5 Å². The lowest BCUT2D eigenvalue weighted by Gasteiger charge is -2.23. The van der Waals surface area contributed by atoms with Crippen LogP contribution in [0.15, 0.2) is 90.0 Å². The molecule has 162 valence electrons. The summed E-state index contributed by atoms with van der Waals surface area (Å²) in [6.45, 7) is 1.53. The fourth-order valence-electron chi connectivity index (χ4n) is 3.63. The molecule has 1 amide bonds. The molecule has 6 heteroatoms. The number of carbonyl (C=O) groups excluding carboxylic acids is 1. The van der Waals surface area contributed by atoms with Gasteiger partial charge in [0.2, 0.25) is 0 Å². The number of benzene rings is 2. The zero-order valence-electron chi connectivity index (χ0n) is 18.0. The maximum absolute atomic E-state index is 13.1. The number of aromatic nitrogens is 2. The van der Waals surface area contributed by atoms with Crippen molar-refractivity contribution in [1.82, 2.24) is 14.5 Å². The number of ether oxygens (including phenoxy) is 1. The number of aryl methyl sites for hydroxylation is 1. The molecular weight excluding hydrogens is 402 g/mol. The smallest absolute Gasteiger partial charge is 0.254 e. The summed E-state index contributed by atoms with van der Waals surface area (Å²) < 4.78 is 7.55. The van der Waals surface area contributed by atoms with E-state index in [0.717, 1.165) is 22.2 Å². The molecule has 0 bridgehead atoms. The van der Waals surface area contributed by atoms with Gasteiger partial charge in [-0.05, 0) is 54.4 Å². The Hall–Kier alpha value is -3.93. The van der Waals surface area contributed by atoms with Crippen LogP contribution in [-0.4, -0.2) is 33.5 Å². The Morgan fingerprint density at radius 3 is 2.66 bits per heavy atom. The van der Waals surface area contributed by atoms with Crippen LogP contribution in [0.25, 0.3) is 10.9 Å². The van der Waals surface area contributed by atoms with E-state index in [1.807, 2.05) is 65.6 Å². The van der Waals surface area contributed by atoms with Crippen LogP contribution in [0.4, 0.5) is 0 Å². The molecule has 0 saturated heterocycles. The van der Waals surface area contributed by atoms with Gasteiger partial charge in [0.05, 0.1) is 12.1 Å². The Kier molecular flexibility index (Phi) is 6.60. The van der Waals surface area contributed by atoms with Gasteiger partial charge in [-0.25, -0.2) is 0 Å². The number of amides is 1. The molecule has 0 aliphatic rings. The second kappa shape index (κ2) is 9.92. The number of hydrogen-bond acceptors (Lipinski definition) is 4. The van der Waals surface area contributed by atoms with E-state index in [2.05, 4.69) is 4.98 Å². The van der Waals surface area contributed by atoms with Gasteiger partial charge in [-0.15, -0.1) is 0 Å². The molecule has 0 N–H and O–H groups in total. The standard InChI is InChI=1S/C26H25N3O3/c1-28-24-12-11-23(17-22(24)10-13-25(28)30)32-16-6-15-29(19-20-7-5-14-27-18-20)26(31)21-8-3-2-4-9-21/h2-5,7-14,17-18H,6,15-16,19H2,1H3. The Bertz CT molecular complexity index is 1250. The summed E-state index contributed by atoms with van der Waals surface area (Å²) in [4.78, 5) is 30.8. The lowest BCUT2D eigenvalue weighted by atomic mass is 10.1. The van der Waals surface area contributed by atoms with Crippen LogP contribution in [-0.2, 0) is 13.6 Å². The Balaban J connectivity index is 1.40. The Morgan fingerprint density at radius 2 is 1.88 bits per heavy atom. The van der Waals surface area contributed by atoms with Gasteiger partial charge < -0.3 is 14.2 Å². The lowest BCUT2D eigenvalue weighted by Crippen LogP contribution is -2.32. The fourth-order valence-corrected chi connectivity index (χ4v) is 3.63. The average Bonchev–Trinajstić information content (AvgIpc) is 2.84. The number of carbonyl (C=O) groups is 1. The fraction of sp³-hybridized carbons (Fsp3) is 0.192. The van der Waals surface area contributed by atoms with Crippen LogP contribution in [0, 0.1) is 0 Å². The first-order chi connectivity index (χ1) is 15.6. The number of fused-ring (bicyclic) bond motifs is 1. The zero-order valence-corrected chi connectivity index (χ0v) is 18.0. The second-order valence-electron chi connectivity index (χ2n) is 7.61. The Labute approximate surface area is 186 Å². The molecular formula is C26H25N3O3. The van der Waals surface area contributed by atoms with Crippen molar-refractivity contribution in [2.75, 3.05) is 13.2 Å². The quantitative estimate of drug-likeness (QED) is 0.398. The van der Waals surface area contributed by atoms with Crippen molar-refractivity contribution in [3.63, 3.8) is 0 Å². The molecule has 0 aliphatic heterocycles. The summed E-state index contributed by atoms with van der Waals surface area (Å²) >= 11 is 0. The molecule has 0 radical (unpaired) electrons. The summed E-state index contributed by atoms with van der Waals surface area (Å²) in [5.41, 5.74) is 2.47. The van der Waals surface area contributed by atoms with Gasteiger partial charge in [0.25, 0.3) is 11.5 Å². The van der Waals surface area contributed by atoms with Crippen molar-refractivity contribution in [3.05, 3.63) is 107 Å². The number of hydrogen-bond donors (Lipinski definition) is 0. The highest BCUT2D eigenvalue weighted by atomic mass is 16.5. The highest BCUT2D eigenvalue weighted by Gasteiger charge is 2.16. The van der Waals surface area contributed by atoms with E-state index in [9.17, 15) is 9.59 Å². The molecule has 0 atom stereocenters. The molecule has 4 rings (SSSR count). The highest BCUT2D eigenvalue weighted by molar-refractivity contribution is 5.94. The lowest BCUT2D eigenvalue weighted by molar-refractivity contribution is 0.0734. The third-order valence-electron chi connectivity index (χ3n) is 5.34. The predicted molar refractivity (Wildman–Crippen MR) is 125 cm³/mol. The largest absolute Gasteiger partial charge is 0.494 e. The molecule has 0 saturated carbocycles. The second-order valence-corrected chi connectivity index (χ2v) is 7.61. The third kappa shape index (κ3) is 5.03. The van der Waals surface area contributed by atoms with Gasteiger partial charge in [-0.3, -0.25) is 14.6 Å². The first-order valence-electron chi connectivity index (χ1n) is 10.6. The van der Waals surface area contributed by atoms with Crippen LogP contribution in [0.3, 0.4) is 0 Å². The van der Waals surface area contributed by atoms with E-state index >= 15 is 0 Å². The van der Waals surface area contributed by atoms with E-state index in [4.69, 9.17) is 4.74 Å². The van der Waals surface area contributed by atoms with E-state index in [-0.39, 0.29) is 11.5 Å². The monoisotopic (exact) mass is 427 g/mol. The van der Waals surface area contributed by atoms with E-state index in [1.165, 1.54) is 0 Å². The summed E-state index contributed by atoms with van der Waals surface area (Å²) in [5.74, 6) is 0.727. The molecule has 32 heavy (non-hydrogen) atoms. The van der Waals surface area contributed by atoms with E-state index < -0.39 is 0 Å². The van der Waals surface area contributed by atoms with Gasteiger partial charge in [-0.1, -0.05) is 24.3 Å². The summed E-state index contributed by atoms with van der Waals surface area (Å²) in [6, 6.07) is 22.2. The van der Waals surface area contributed by atoms with Gasteiger partial charge >= 0.3 is 0 Å². The summed E-state index contributed by atoms with van der Waals surface area (Å²) in [6.07, 6.45) is 4.19. The summed E-state index contributed by atoms with van der Waals surface area (Å²) in [7, 11) is 1.76. The van der Waals surface area contributed by atoms with Crippen molar-refractivity contribution in [3.8, 4) is 5.75 Å². The zero-order chi connectivity index (χ0) is 22.3. The van der Waals surface area contributed by atoms with E-state index in [1.54, 1.807) is 36.1 Å². The minimum atomic E-state index is -0.0389. The van der Waals surface area contributed by atoms with Crippen molar-refractivity contribution >= 4 is 16.8 Å². The van der Waals surface area contributed by atoms with Gasteiger partial charge in [-0.2, -0.15) is 0 Å². The van der Waals surface area contributed by atoms with Crippen molar-refractivity contribution in [2.45, 2.75) is 13.0 Å². The molecule has 0 fully saturated rings. The van der Waals surface area contributed by atoms with Crippen LogP contribution in [0.2, 0.25) is 0 Å². The predicted octanol–water partition coefficient (Wildman–Crippen LogP) is 4.05. The average molecular weight is 428 g/mol. The first-order valence-corrected chi connectivity index (χ1v) is 10.6. The van der Waals surface area contributed by atoms with Crippen molar-refractivity contribution in [2.24, 2.45) is 7.05 Å². The van der Waals surface area contributed by atoms with Gasteiger partial charge in [0.15, 0.2) is 0 Å². The molecule has 4 aromatic rings. The molecule has 6 nitrogen and oxygen atoms in total. The van der Waals surface area contributed by atoms with Crippen LogP contribution < -0.4 is 10.3 Å². The van der Waals surface area contributed by atoms with Crippen LogP contribution in [0.5, 0.6) is 5.75 Å². The molecule has 2 aromatic heterocycles. The molecule has 2 aromatic carbocycles. The molecule has 0 unspecified atom stereocenters. The topological polar surface area (TPSA) is 64.4 Å². The van der Waals surface area contributed by atoms with E-state index in [0.29, 0.717) is 31.7 Å². The normalized spacial score (nSPS) is 10.8. The van der Waals surface area contributed by atoms with Gasteiger partial charge in [0.1, 0.15) is 5.75 Å². The highest BCUT2D eigenvalue weighted by Crippen LogP contribution is 2.19. The minimum Gasteiger partial charge on any atom is -0.494 e. The van der Waals surface area contributed by atoms with Crippen molar-refractivity contribution in [1.29, 1.82) is 0 Å². The number of pyridine rings is 2. The van der Waals surface area contributed by atoms with Crippen LogP contribution in [0.1, 0.15) is 22.3 Å². The molecule has 2 heterocycles. The first kappa shape index (κ1) is 21.3. The van der Waals surface area contributed by atoms with Crippen molar-refractivity contribution < 1.29 is 9.53 Å². The molecule has 0 aliphatic carbocycles. The minimum absolute atomic E-state index is 0.0129. The maximum atomic E-state index is 13.1. The SMILES string of the molecule is Cn1c(=O)ccc2cc(OCCCN(Cc3cccnc3)C(=O)c3ccccc3)ccc21. The third-order valence-corrected chi connectivity index (χ3v) is 5.34. The molecule has 0 spiro atoms. The number of rotatable bonds is 8. The maximum Gasteiger partial charge on any atom is 0.254 e. The van der Waals surface area contributed by atoms with Crippen LogP contribution >= 0.6 is 0 Å². The Morgan fingerprint density at radius 1 is 1.03 bits per heavy atom.